The monoisotopic (exact) mass is 374 g/mol. The first kappa shape index (κ1) is 13.7. The van der Waals surface area contributed by atoms with Gasteiger partial charge in [0.1, 0.15) is 0 Å². The van der Waals surface area contributed by atoms with Crippen molar-refractivity contribution in [3.8, 4) is 0 Å². The van der Waals surface area contributed by atoms with Crippen molar-refractivity contribution < 1.29 is 8.42 Å². The summed E-state index contributed by atoms with van der Waals surface area (Å²) >= 11 is 8.45. The molecule has 0 saturated heterocycles. The van der Waals surface area contributed by atoms with Gasteiger partial charge in [0.2, 0.25) is 0 Å². The van der Waals surface area contributed by atoms with Crippen LogP contribution in [0.1, 0.15) is 22.2 Å². The molecule has 2 unspecified atom stereocenters. The number of aryl methyl sites for hydroxylation is 1. The third kappa shape index (κ3) is 3.28. The van der Waals surface area contributed by atoms with Crippen molar-refractivity contribution in [2.45, 2.75) is 23.9 Å². The van der Waals surface area contributed by atoms with Gasteiger partial charge in [0.25, 0.3) is 0 Å². The average molecular weight is 376 g/mol. The van der Waals surface area contributed by atoms with E-state index < -0.39 is 15.1 Å². The van der Waals surface area contributed by atoms with Crippen LogP contribution in [0.25, 0.3) is 0 Å². The zero-order valence-corrected chi connectivity index (χ0v) is 13.4. The maximum atomic E-state index is 11.4. The van der Waals surface area contributed by atoms with Gasteiger partial charge in [0, 0.05) is 11.1 Å². The zero-order valence-electron chi connectivity index (χ0n) is 8.62. The fourth-order valence-electron chi connectivity index (χ4n) is 1.07. The Labute approximate surface area is 111 Å². The van der Waals surface area contributed by atoms with Gasteiger partial charge in [-0.05, 0) is 41.4 Å². The van der Waals surface area contributed by atoms with Crippen molar-refractivity contribution in [2.75, 3.05) is 6.26 Å². The van der Waals surface area contributed by atoms with Crippen molar-refractivity contribution in [3.05, 3.63) is 20.3 Å². The van der Waals surface area contributed by atoms with Gasteiger partial charge in [-0.3, -0.25) is 0 Å². The van der Waals surface area contributed by atoms with E-state index in [9.17, 15) is 8.42 Å². The van der Waals surface area contributed by atoms with Gasteiger partial charge in [-0.25, -0.2) is 8.42 Å². The molecular formula is C9H12Br2O2S2. The molecule has 1 heterocycles. The minimum atomic E-state index is -3.01. The first-order valence-corrected chi connectivity index (χ1v) is 8.80. The third-order valence-corrected chi connectivity index (χ3v) is 8.02. The molecule has 0 amide bonds. The van der Waals surface area contributed by atoms with E-state index in [1.54, 1.807) is 18.3 Å². The molecule has 86 valence electrons. The van der Waals surface area contributed by atoms with Crippen LogP contribution in [0.2, 0.25) is 0 Å². The number of sulfone groups is 1. The number of thiophene rings is 1. The van der Waals surface area contributed by atoms with Crippen LogP contribution in [-0.4, -0.2) is 19.9 Å². The number of halogens is 2. The highest BCUT2D eigenvalue weighted by Crippen LogP contribution is 2.38. The first-order chi connectivity index (χ1) is 6.73. The van der Waals surface area contributed by atoms with E-state index in [1.807, 2.05) is 13.0 Å². The quantitative estimate of drug-likeness (QED) is 0.755. The molecule has 0 N–H and O–H groups in total. The van der Waals surface area contributed by atoms with Crippen molar-refractivity contribution in [3.63, 3.8) is 0 Å². The molecule has 0 aliphatic rings. The molecule has 0 fully saturated rings. The summed E-state index contributed by atoms with van der Waals surface area (Å²) in [5, 5.41) is -0.414. The maximum absolute atomic E-state index is 11.4. The summed E-state index contributed by atoms with van der Waals surface area (Å²) in [6, 6.07) is 2.01. The van der Waals surface area contributed by atoms with Gasteiger partial charge in [-0.1, -0.05) is 15.9 Å². The molecule has 0 saturated carbocycles. The van der Waals surface area contributed by atoms with Crippen molar-refractivity contribution in [1.29, 1.82) is 0 Å². The SMILES string of the molecule is Cc1cc(C(Br)C(C)S(C)(=O)=O)sc1Br. The molecule has 0 radical (unpaired) electrons. The molecule has 0 aliphatic carbocycles. The third-order valence-electron chi connectivity index (χ3n) is 2.24. The second-order valence-corrected chi connectivity index (χ2v) is 9.33. The predicted molar refractivity (Wildman–Crippen MR) is 72.7 cm³/mol. The molecule has 1 aromatic rings. The summed E-state index contributed by atoms with van der Waals surface area (Å²) in [4.78, 5) is 0.903. The summed E-state index contributed by atoms with van der Waals surface area (Å²) in [5.74, 6) is 0. The second-order valence-electron chi connectivity index (χ2n) is 3.54. The summed E-state index contributed by atoms with van der Waals surface area (Å²) in [6.07, 6.45) is 1.27. The first-order valence-electron chi connectivity index (χ1n) is 4.32. The van der Waals surface area contributed by atoms with Crippen LogP contribution in [0.3, 0.4) is 0 Å². The second kappa shape index (κ2) is 4.85. The van der Waals surface area contributed by atoms with Crippen LogP contribution in [-0.2, 0) is 9.84 Å². The standard InChI is InChI=1S/C9H12Br2O2S2/c1-5-4-7(14-9(5)11)8(10)6(2)15(3,12)13/h4,6,8H,1-3H3. The smallest absolute Gasteiger partial charge is 0.151 e. The summed E-state index contributed by atoms with van der Waals surface area (Å²) in [7, 11) is -3.01. The van der Waals surface area contributed by atoms with Crippen LogP contribution >= 0.6 is 43.2 Å². The van der Waals surface area contributed by atoms with Crippen molar-refractivity contribution >= 4 is 53.0 Å². The normalized spacial score (nSPS) is 16.3. The lowest BCUT2D eigenvalue weighted by atomic mass is 10.2. The van der Waals surface area contributed by atoms with E-state index in [0.717, 1.165) is 14.2 Å². The Morgan fingerprint density at radius 1 is 1.47 bits per heavy atom. The van der Waals surface area contributed by atoms with Crippen molar-refractivity contribution in [1.82, 2.24) is 0 Å². The largest absolute Gasteiger partial charge is 0.229 e. The highest BCUT2D eigenvalue weighted by Gasteiger charge is 2.26. The fourth-order valence-corrected chi connectivity index (χ4v) is 4.98. The molecule has 6 heteroatoms. The Kier molecular flexibility index (Phi) is 4.43. The van der Waals surface area contributed by atoms with E-state index >= 15 is 0 Å². The number of rotatable bonds is 3. The molecule has 0 bridgehead atoms. The van der Waals surface area contributed by atoms with Crippen LogP contribution in [0.15, 0.2) is 9.85 Å². The predicted octanol–water partition coefficient (Wildman–Crippen LogP) is 3.69. The molecule has 0 aliphatic heterocycles. The lowest BCUT2D eigenvalue weighted by Gasteiger charge is -2.14. The van der Waals surface area contributed by atoms with Crippen LogP contribution in [0, 0.1) is 6.92 Å². The highest BCUT2D eigenvalue weighted by molar-refractivity contribution is 9.11. The van der Waals surface area contributed by atoms with E-state index in [4.69, 9.17) is 0 Å². The van der Waals surface area contributed by atoms with E-state index in [0.29, 0.717) is 0 Å². The maximum Gasteiger partial charge on any atom is 0.151 e. The summed E-state index contributed by atoms with van der Waals surface area (Å²) in [5.41, 5.74) is 1.14. The van der Waals surface area contributed by atoms with Gasteiger partial charge in [-0.2, -0.15) is 0 Å². The molecule has 0 spiro atoms. The lowest BCUT2D eigenvalue weighted by Crippen LogP contribution is -2.20. The summed E-state index contributed by atoms with van der Waals surface area (Å²) in [6.45, 7) is 3.71. The Balaban J connectivity index is 3.00. The minimum Gasteiger partial charge on any atom is -0.229 e. The van der Waals surface area contributed by atoms with E-state index in [1.165, 1.54) is 6.26 Å². The van der Waals surface area contributed by atoms with Gasteiger partial charge in [-0.15, -0.1) is 11.3 Å². The van der Waals surface area contributed by atoms with E-state index in [2.05, 4.69) is 31.9 Å². The molecule has 0 aromatic carbocycles. The van der Waals surface area contributed by atoms with Crippen LogP contribution in [0.4, 0.5) is 0 Å². The number of hydrogen-bond donors (Lipinski definition) is 0. The number of alkyl halides is 1. The van der Waals surface area contributed by atoms with Crippen LogP contribution in [0.5, 0.6) is 0 Å². The van der Waals surface area contributed by atoms with Crippen molar-refractivity contribution in [2.24, 2.45) is 0 Å². The zero-order chi connectivity index (χ0) is 11.8. The van der Waals surface area contributed by atoms with Gasteiger partial charge < -0.3 is 0 Å². The van der Waals surface area contributed by atoms with Gasteiger partial charge in [0.05, 0.1) is 13.9 Å². The summed E-state index contributed by atoms with van der Waals surface area (Å²) < 4.78 is 23.9. The molecule has 1 aromatic heterocycles. The average Bonchev–Trinajstić information content (AvgIpc) is 2.43. The Hall–Kier alpha value is 0.610. The Bertz CT molecular complexity index is 431. The Morgan fingerprint density at radius 3 is 2.33 bits per heavy atom. The van der Waals surface area contributed by atoms with Crippen LogP contribution < -0.4 is 0 Å². The lowest BCUT2D eigenvalue weighted by molar-refractivity contribution is 0.589. The topological polar surface area (TPSA) is 34.1 Å². The molecule has 2 nitrogen and oxygen atoms in total. The fraction of sp³-hybridized carbons (Fsp3) is 0.556. The van der Waals surface area contributed by atoms with Gasteiger partial charge >= 0.3 is 0 Å². The molecule has 2 atom stereocenters. The van der Waals surface area contributed by atoms with E-state index in [-0.39, 0.29) is 4.83 Å². The molecule has 1 rings (SSSR count). The number of hydrogen-bond acceptors (Lipinski definition) is 3. The highest BCUT2D eigenvalue weighted by atomic mass is 79.9. The molecular weight excluding hydrogens is 364 g/mol. The Morgan fingerprint density at radius 2 is 2.00 bits per heavy atom. The molecule has 15 heavy (non-hydrogen) atoms. The minimum absolute atomic E-state index is 0.137. The van der Waals surface area contributed by atoms with Gasteiger partial charge in [0.15, 0.2) is 9.84 Å².